The molecule has 71 heavy (non-hydrogen) atoms. The van der Waals surface area contributed by atoms with Crippen LogP contribution in [0.3, 0.4) is 0 Å². The molecule has 0 aliphatic heterocycles. The van der Waals surface area contributed by atoms with Gasteiger partial charge in [0, 0.05) is 22.7 Å². The summed E-state index contributed by atoms with van der Waals surface area (Å²) in [6.45, 7) is 7.16. The van der Waals surface area contributed by atoms with E-state index < -0.39 is 69.8 Å². The van der Waals surface area contributed by atoms with E-state index in [-0.39, 0.29) is 25.0 Å². The molecule has 0 spiro atoms. The van der Waals surface area contributed by atoms with E-state index in [4.69, 9.17) is 9.47 Å². The van der Waals surface area contributed by atoms with E-state index in [9.17, 15) is 27.6 Å². The minimum Gasteiger partial charge on any atom is -0.445 e. The molecule has 0 saturated heterocycles. The summed E-state index contributed by atoms with van der Waals surface area (Å²) in [5.41, 5.74) is 4.75. The second-order valence-corrected chi connectivity index (χ2v) is 19.5. The molecule has 0 fully saturated rings. The van der Waals surface area contributed by atoms with Gasteiger partial charge >= 0.3 is 12.2 Å². The summed E-state index contributed by atoms with van der Waals surface area (Å²) in [5.74, 6) is -3.04. The molecule has 0 saturated carbocycles. The fraction of sp³-hybridized carbons (Fsp3) is 0.241. The van der Waals surface area contributed by atoms with E-state index in [0.29, 0.717) is 0 Å². The van der Waals surface area contributed by atoms with E-state index >= 15 is 0 Å². The van der Waals surface area contributed by atoms with Crippen LogP contribution in [0.5, 0.6) is 0 Å². The Bertz CT molecular complexity index is 2510. The van der Waals surface area contributed by atoms with Crippen LogP contribution in [0.25, 0.3) is 0 Å². The van der Waals surface area contributed by atoms with E-state index in [0.717, 1.165) is 44.2 Å². The molecule has 4 amide bonds. The highest BCUT2D eigenvalue weighted by atomic mass is 32.2. The maximum atomic E-state index is 14.4. The highest BCUT2D eigenvalue weighted by Gasteiger charge is 2.33. The molecule has 0 heterocycles. The Labute approximate surface area is 417 Å². The topological polar surface area (TPSA) is 169 Å². The van der Waals surface area contributed by atoms with Crippen molar-refractivity contribution in [3.8, 4) is 0 Å². The van der Waals surface area contributed by atoms with Gasteiger partial charge in [-0.15, -0.1) is 0 Å². The van der Waals surface area contributed by atoms with Crippen LogP contribution in [0, 0.1) is 11.8 Å². The maximum absolute atomic E-state index is 14.4. The Balaban J connectivity index is 1.33. The molecule has 6 aromatic carbocycles. The van der Waals surface area contributed by atoms with Crippen LogP contribution in [-0.2, 0) is 42.1 Å². The third kappa shape index (κ3) is 16.1. The van der Waals surface area contributed by atoms with Crippen molar-refractivity contribution in [3.05, 3.63) is 238 Å². The monoisotopic (exact) mass is 974 g/mol. The minimum atomic E-state index is -4.26. The lowest BCUT2D eigenvalue weighted by atomic mass is 9.84. The minimum absolute atomic E-state index is 0.000932. The normalized spacial score (nSPS) is 13.4. The van der Waals surface area contributed by atoms with Crippen molar-refractivity contribution in [1.29, 1.82) is 0 Å². The number of carbonyl (C=O) groups is 4. The zero-order valence-electron chi connectivity index (χ0n) is 40.3. The van der Waals surface area contributed by atoms with E-state index in [1.807, 2.05) is 182 Å². The fourth-order valence-electron chi connectivity index (χ4n) is 8.14. The van der Waals surface area contributed by atoms with Crippen molar-refractivity contribution in [2.75, 3.05) is 0 Å². The molecule has 6 aromatic rings. The zero-order valence-corrected chi connectivity index (χ0v) is 41.2. The molecule has 0 radical (unpaired) electrons. The second-order valence-electron chi connectivity index (χ2n) is 17.8. The van der Waals surface area contributed by atoms with Gasteiger partial charge in [-0.05, 0) is 57.4 Å². The predicted molar refractivity (Wildman–Crippen MR) is 277 cm³/mol. The van der Waals surface area contributed by atoms with Gasteiger partial charge in [-0.2, -0.15) is 0 Å². The lowest BCUT2D eigenvalue weighted by Gasteiger charge is -2.30. The maximum Gasteiger partial charge on any atom is 0.408 e. The summed E-state index contributed by atoms with van der Waals surface area (Å²) in [6, 6.07) is 52.0. The summed E-state index contributed by atoms with van der Waals surface area (Å²) in [4.78, 5) is 55.0. The Morgan fingerprint density at radius 1 is 0.423 bits per heavy atom. The van der Waals surface area contributed by atoms with Crippen LogP contribution in [-0.4, -0.2) is 56.6 Å². The Hall–Kier alpha value is -7.77. The average Bonchev–Trinajstić information content (AvgIpc) is 3.38. The molecule has 0 unspecified atom stereocenters. The predicted octanol–water partition coefficient (Wildman–Crippen LogP) is 9.96. The number of rotatable bonds is 22. The van der Waals surface area contributed by atoms with E-state index in [2.05, 4.69) is 21.3 Å². The number of sulfone groups is 1. The number of ether oxygens (including phenoxy) is 2. The molecule has 0 aromatic heterocycles. The molecule has 0 bridgehead atoms. The van der Waals surface area contributed by atoms with Gasteiger partial charge in [0.1, 0.15) is 25.3 Å². The van der Waals surface area contributed by atoms with Gasteiger partial charge in [0.05, 0.1) is 12.1 Å². The number of carbonyl (C=O) groups excluding carboxylic acids is 4. The van der Waals surface area contributed by atoms with Gasteiger partial charge in [-0.25, -0.2) is 18.0 Å². The SMILES string of the molecule is CC(C)[C@H](NC(=O)OCc1ccccc1)C(=O)N[C@H](C=CS(=O)(=O)C=C[C@@H](NC(=O)[C@@H](NC(=O)OCc1ccccc1)C(C)C)C(c1ccccc1)c1ccccc1)C(c1ccccc1)c1ccccc1. The van der Waals surface area contributed by atoms with Gasteiger partial charge in [-0.1, -0.05) is 210 Å². The first-order valence-corrected chi connectivity index (χ1v) is 25.3. The Morgan fingerprint density at radius 2 is 0.690 bits per heavy atom. The number of nitrogens with one attached hydrogen (secondary N) is 4. The number of hydrogen-bond acceptors (Lipinski definition) is 8. The Morgan fingerprint density at radius 3 is 0.958 bits per heavy atom. The van der Waals surface area contributed by atoms with Gasteiger partial charge in [0.25, 0.3) is 0 Å². The third-order valence-electron chi connectivity index (χ3n) is 11.8. The number of alkyl carbamates (subject to hydrolysis) is 2. The fourth-order valence-corrected chi connectivity index (χ4v) is 9.00. The van der Waals surface area contributed by atoms with Gasteiger partial charge in [0.15, 0.2) is 9.84 Å². The van der Waals surface area contributed by atoms with Crippen LogP contribution in [0.15, 0.2) is 205 Å². The summed E-state index contributed by atoms with van der Waals surface area (Å²) in [5, 5.41) is 13.7. The van der Waals surface area contributed by atoms with E-state index in [1.165, 1.54) is 12.2 Å². The number of amides is 4. The quantitative estimate of drug-likeness (QED) is 0.0521. The largest absolute Gasteiger partial charge is 0.445 e. The van der Waals surface area contributed by atoms with Crippen LogP contribution in [0.4, 0.5) is 9.59 Å². The Kier molecular flexibility index (Phi) is 19.5. The molecule has 12 nitrogen and oxygen atoms in total. The summed E-state index contributed by atoms with van der Waals surface area (Å²) in [6.07, 6.45) is 1.31. The van der Waals surface area contributed by atoms with Crippen molar-refractivity contribution in [1.82, 2.24) is 21.3 Å². The first-order chi connectivity index (χ1) is 34.3. The molecule has 6 rings (SSSR count). The molecule has 4 N–H and O–H groups in total. The summed E-state index contributed by atoms with van der Waals surface area (Å²) >= 11 is 0. The van der Waals surface area contributed by atoms with Gasteiger partial charge in [-0.3, -0.25) is 9.59 Å². The van der Waals surface area contributed by atoms with Crippen molar-refractivity contribution in [3.63, 3.8) is 0 Å². The van der Waals surface area contributed by atoms with Crippen LogP contribution in [0.1, 0.15) is 72.9 Å². The second kappa shape index (κ2) is 26.3. The lowest BCUT2D eigenvalue weighted by molar-refractivity contribution is -0.125. The van der Waals surface area contributed by atoms with Crippen molar-refractivity contribution in [2.24, 2.45) is 11.8 Å². The van der Waals surface area contributed by atoms with Crippen LogP contribution in [0.2, 0.25) is 0 Å². The summed E-state index contributed by atoms with van der Waals surface area (Å²) in [7, 11) is -4.26. The zero-order chi connectivity index (χ0) is 50.6. The van der Waals surface area contributed by atoms with Crippen molar-refractivity contribution >= 4 is 33.8 Å². The lowest BCUT2D eigenvalue weighted by Crippen LogP contribution is -2.53. The molecular formula is C58H62N4O8S. The first-order valence-electron chi connectivity index (χ1n) is 23.6. The summed E-state index contributed by atoms with van der Waals surface area (Å²) < 4.78 is 39.8. The third-order valence-corrected chi connectivity index (χ3v) is 12.9. The molecule has 4 atom stereocenters. The average molecular weight is 975 g/mol. The first kappa shape index (κ1) is 52.6. The van der Waals surface area contributed by atoms with Crippen LogP contribution < -0.4 is 21.3 Å². The molecule has 13 heteroatoms. The highest BCUT2D eigenvalue weighted by molar-refractivity contribution is 7.97. The van der Waals surface area contributed by atoms with Crippen molar-refractivity contribution in [2.45, 2.75) is 76.9 Å². The van der Waals surface area contributed by atoms with Crippen molar-refractivity contribution < 1.29 is 37.1 Å². The standard InChI is InChI=1S/C58H62N4O8S/c1-41(2)53(61-57(65)69-39-43-23-11-5-12-24-43)55(63)59-49(51(45-27-15-7-16-28-45)46-29-17-8-18-30-46)35-37-71(67,68)38-36-50(52(47-31-19-9-20-32-47)48-33-21-10-22-34-48)60-56(64)54(42(3)4)62-58(66)70-40-44-25-13-6-14-26-44/h5-38,41-42,49-54H,39-40H2,1-4H3,(H,59,63)(H,60,64)(H,61,65)(H,62,66)/t49-,50-,53+,54+/m1/s1. The molecule has 0 aliphatic carbocycles. The van der Waals surface area contributed by atoms with Gasteiger partial charge in [0.2, 0.25) is 11.8 Å². The molecular weight excluding hydrogens is 913 g/mol. The van der Waals surface area contributed by atoms with Gasteiger partial charge < -0.3 is 30.7 Å². The smallest absolute Gasteiger partial charge is 0.408 e. The molecule has 368 valence electrons. The number of hydrogen-bond donors (Lipinski definition) is 4. The van der Waals surface area contributed by atoms with Crippen LogP contribution >= 0.6 is 0 Å². The molecule has 0 aliphatic rings. The van der Waals surface area contributed by atoms with E-state index in [1.54, 1.807) is 27.7 Å². The number of benzene rings is 6. The highest BCUT2D eigenvalue weighted by Crippen LogP contribution is 2.31.